The minimum absolute atomic E-state index is 0. The maximum atomic E-state index is 11.3. The molecule has 0 atom stereocenters. The Labute approximate surface area is 133 Å². The number of nitrogens with one attached hydrogen (secondary N) is 1. The van der Waals surface area contributed by atoms with Gasteiger partial charge >= 0.3 is 0 Å². The molecule has 1 amide bonds. The molecular weight excluding hydrogens is 286 g/mol. The lowest BCUT2D eigenvalue weighted by molar-refractivity contribution is -0.121. The fourth-order valence-electron chi connectivity index (χ4n) is 2.56. The summed E-state index contributed by atoms with van der Waals surface area (Å²) in [6.45, 7) is 4.47. The first kappa shape index (κ1) is 18.0. The van der Waals surface area contributed by atoms with E-state index in [2.05, 4.69) is 34.5 Å². The van der Waals surface area contributed by atoms with Crippen LogP contribution in [-0.2, 0) is 17.9 Å². The Morgan fingerprint density at radius 2 is 1.71 bits per heavy atom. The summed E-state index contributed by atoms with van der Waals surface area (Å²) in [5, 5.41) is 2.87. The number of hydrogen-bond donors (Lipinski definition) is 2. The zero-order valence-corrected chi connectivity index (χ0v) is 13.3. The van der Waals surface area contributed by atoms with Gasteiger partial charge in [-0.3, -0.25) is 9.69 Å². The quantitative estimate of drug-likeness (QED) is 0.845. The van der Waals surface area contributed by atoms with Gasteiger partial charge in [0.25, 0.3) is 0 Å². The molecular formula is C16H26ClN3O. The van der Waals surface area contributed by atoms with Crippen molar-refractivity contribution < 1.29 is 4.79 Å². The number of carbonyl (C=O) groups excluding carboxylic acids is 1. The Kier molecular flexibility index (Phi) is 8.35. The van der Waals surface area contributed by atoms with Crippen LogP contribution in [0.1, 0.15) is 36.8 Å². The average Bonchev–Trinajstić information content (AvgIpc) is 2.48. The number of nitrogens with two attached hydrogens (primary N) is 1. The fourth-order valence-corrected chi connectivity index (χ4v) is 2.56. The van der Waals surface area contributed by atoms with Crippen LogP contribution in [0.3, 0.4) is 0 Å². The minimum atomic E-state index is 0. The largest absolute Gasteiger partial charge is 0.352 e. The molecule has 0 radical (unpaired) electrons. The molecule has 1 saturated heterocycles. The summed E-state index contributed by atoms with van der Waals surface area (Å²) in [5.74, 6) is 0.0184. The highest BCUT2D eigenvalue weighted by Gasteiger charge is 2.10. The van der Waals surface area contributed by atoms with Crippen LogP contribution >= 0.6 is 12.4 Å². The van der Waals surface area contributed by atoms with Gasteiger partial charge in [-0.05, 0) is 37.1 Å². The van der Waals surface area contributed by atoms with Crippen molar-refractivity contribution in [3.05, 3.63) is 35.4 Å². The Morgan fingerprint density at radius 1 is 1.10 bits per heavy atom. The van der Waals surface area contributed by atoms with Crippen LogP contribution in [-0.4, -0.2) is 30.4 Å². The number of likely N-dealkylation sites (tertiary alicyclic amines) is 1. The highest BCUT2D eigenvalue weighted by Crippen LogP contribution is 2.13. The highest BCUT2D eigenvalue weighted by atomic mass is 35.5. The molecule has 0 bridgehead atoms. The summed E-state index contributed by atoms with van der Waals surface area (Å²) < 4.78 is 0. The Bertz CT molecular complexity index is 416. The second-order valence-corrected chi connectivity index (χ2v) is 5.47. The van der Waals surface area contributed by atoms with Gasteiger partial charge in [0.15, 0.2) is 0 Å². The molecule has 0 aliphatic carbocycles. The molecule has 2 rings (SSSR count). The molecule has 1 aliphatic rings. The zero-order valence-electron chi connectivity index (χ0n) is 12.5. The molecule has 1 aliphatic heterocycles. The molecule has 3 N–H and O–H groups in total. The maximum Gasteiger partial charge on any atom is 0.221 e. The fraction of sp³-hybridized carbons (Fsp3) is 0.562. The molecule has 1 fully saturated rings. The van der Waals surface area contributed by atoms with Crippen LogP contribution in [0.2, 0.25) is 0 Å². The van der Waals surface area contributed by atoms with Crippen LogP contribution in [0, 0.1) is 0 Å². The first-order chi connectivity index (χ1) is 9.78. The van der Waals surface area contributed by atoms with Crippen molar-refractivity contribution in [3.8, 4) is 0 Å². The molecule has 0 saturated carbocycles. The lowest BCUT2D eigenvalue weighted by Crippen LogP contribution is -2.29. The number of nitrogens with zero attached hydrogens (tertiary/aromatic N) is 1. The number of hydrogen-bond acceptors (Lipinski definition) is 3. The summed E-state index contributed by atoms with van der Waals surface area (Å²) in [6, 6.07) is 8.53. The lowest BCUT2D eigenvalue weighted by atomic mass is 10.1. The van der Waals surface area contributed by atoms with Crippen LogP contribution < -0.4 is 11.1 Å². The highest BCUT2D eigenvalue weighted by molar-refractivity contribution is 5.85. The predicted octanol–water partition coefficient (Wildman–Crippen LogP) is 2.06. The molecule has 1 aromatic rings. The second-order valence-electron chi connectivity index (χ2n) is 5.47. The molecule has 118 valence electrons. The zero-order chi connectivity index (χ0) is 14.2. The molecule has 5 heteroatoms. The van der Waals surface area contributed by atoms with E-state index in [0.29, 0.717) is 19.5 Å². The molecule has 21 heavy (non-hydrogen) atoms. The third-order valence-electron chi connectivity index (χ3n) is 3.74. The number of halogens is 1. The second kappa shape index (κ2) is 9.77. The van der Waals surface area contributed by atoms with E-state index in [1.807, 2.05) is 0 Å². The summed E-state index contributed by atoms with van der Waals surface area (Å²) in [6.07, 6.45) is 4.42. The normalized spacial score (nSPS) is 15.3. The molecule has 4 nitrogen and oxygen atoms in total. The molecule has 1 heterocycles. The molecule has 1 aromatic carbocycles. The van der Waals surface area contributed by atoms with E-state index in [9.17, 15) is 4.79 Å². The molecule has 0 spiro atoms. The van der Waals surface area contributed by atoms with Gasteiger partial charge in [-0.1, -0.05) is 30.7 Å². The third-order valence-corrected chi connectivity index (χ3v) is 3.74. The standard InChI is InChI=1S/C16H25N3O.ClH/c17-9-8-16(20)18-12-14-4-6-15(7-5-14)13-19-10-2-1-3-11-19;/h4-7H,1-3,8-13,17H2,(H,18,20);1H. The smallest absolute Gasteiger partial charge is 0.221 e. The van der Waals surface area contributed by atoms with Crippen LogP contribution in [0.15, 0.2) is 24.3 Å². The van der Waals surface area contributed by atoms with E-state index in [0.717, 1.165) is 12.1 Å². The number of rotatable bonds is 6. The van der Waals surface area contributed by atoms with E-state index in [4.69, 9.17) is 5.73 Å². The van der Waals surface area contributed by atoms with Gasteiger partial charge in [0.05, 0.1) is 0 Å². The SMILES string of the molecule is Cl.NCCC(=O)NCc1ccc(CN2CCCCC2)cc1. The van der Waals surface area contributed by atoms with Gasteiger partial charge in [0, 0.05) is 26.1 Å². The summed E-state index contributed by atoms with van der Waals surface area (Å²) >= 11 is 0. The van der Waals surface area contributed by atoms with Crippen molar-refractivity contribution in [2.75, 3.05) is 19.6 Å². The van der Waals surface area contributed by atoms with Crippen molar-refractivity contribution in [3.63, 3.8) is 0 Å². The summed E-state index contributed by atoms with van der Waals surface area (Å²) in [7, 11) is 0. The first-order valence-corrected chi connectivity index (χ1v) is 7.55. The summed E-state index contributed by atoms with van der Waals surface area (Å²) in [4.78, 5) is 13.9. The van der Waals surface area contributed by atoms with Gasteiger partial charge in [-0.25, -0.2) is 0 Å². The van der Waals surface area contributed by atoms with Gasteiger partial charge in [0.2, 0.25) is 5.91 Å². The van der Waals surface area contributed by atoms with Crippen molar-refractivity contribution in [1.82, 2.24) is 10.2 Å². The van der Waals surface area contributed by atoms with Gasteiger partial charge in [0.1, 0.15) is 0 Å². The van der Waals surface area contributed by atoms with Crippen molar-refractivity contribution in [2.45, 2.75) is 38.8 Å². The Hall–Kier alpha value is -1.10. The Morgan fingerprint density at radius 3 is 2.33 bits per heavy atom. The first-order valence-electron chi connectivity index (χ1n) is 7.55. The number of amides is 1. The van der Waals surface area contributed by atoms with E-state index in [1.165, 1.54) is 37.9 Å². The van der Waals surface area contributed by atoms with E-state index in [-0.39, 0.29) is 18.3 Å². The molecule has 0 aromatic heterocycles. The van der Waals surface area contributed by atoms with Crippen LogP contribution in [0.5, 0.6) is 0 Å². The van der Waals surface area contributed by atoms with Crippen LogP contribution in [0.4, 0.5) is 0 Å². The predicted molar refractivity (Wildman–Crippen MR) is 88.3 cm³/mol. The average molecular weight is 312 g/mol. The van der Waals surface area contributed by atoms with Crippen molar-refractivity contribution in [2.24, 2.45) is 5.73 Å². The minimum Gasteiger partial charge on any atom is -0.352 e. The topological polar surface area (TPSA) is 58.4 Å². The lowest BCUT2D eigenvalue weighted by Gasteiger charge is -2.26. The van der Waals surface area contributed by atoms with Gasteiger partial charge in [-0.2, -0.15) is 0 Å². The Balaban J connectivity index is 0.00000220. The van der Waals surface area contributed by atoms with Crippen molar-refractivity contribution in [1.29, 1.82) is 0 Å². The number of piperidine rings is 1. The van der Waals surface area contributed by atoms with E-state index >= 15 is 0 Å². The number of benzene rings is 1. The third kappa shape index (κ3) is 6.46. The van der Waals surface area contributed by atoms with Gasteiger partial charge < -0.3 is 11.1 Å². The number of carbonyl (C=O) groups is 1. The van der Waals surface area contributed by atoms with Crippen LogP contribution in [0.25, 0.3) is 0 Å². The van der Waals surface area contributed by atoms with Crippen molar-refractivity contribution >= 4 is 18.3 Å². The maximum absolute atomic E-state index is 11.3. The van der Waals surface area contributed by atoms with E-state index < -0.39 is 0 Å². The van der Waals surface area contributed by atoms with Gasteiger partial charge in [-0.15, -0.1) is 12.4 Å². The monoisotopic (exact) mass is 311 g/mol. The van der Waals surface area contributed by atoms with E-state index in [1.54, 1.807) is 0 Å². The molecule has 0 unspecified atom stereocenters. The summed E-state index contributed by atoms with van der Waals surface area (Å²) in [5.41, 5.74) is 7.83.